The zero-order valence-corrected chi connectivity index (χ0v) is 15.2. The lowest BCUT2D eigenvalue weighted by Crippen LogP contribution is -2.47. The second kappa shape index (κ2) is 7.87. The fraction of sp³-hybridized carbons (Fsp3) is 0.579. The number of carbonyl (C=O) groups excluding carboxylic acids is 1. The Bertz CT molecular complexity index is 792. The third-order valence-electron chi connectivity index (χ3n) is 5.10. The van der Waals surface area contributed by atoms with Crippen LogP contribution in [-0.4, -0.2) is 46.1 Å². The Balaban J connectivity index is 1.76. The number of imidazole rings is 1. The second-order valence-corrected chi connectivity index (χ2v) is 6.79. The van der Waals surface area contributed by atoms with Gasteiger partial charge in [-0.3, -0.25) is 13.9 Å². The standard InChI is InChI=1S/C19H28N4O2/c1-3-11-22-16-8-4-5-9-17(16)23(19(22)25)13-10-18(24)21-12-6-7-15(14-21)20-2/h4-5,8-9,15,20H,3,6-7,10-14H2,1-2H3. The Morgan fingerprint density at radius 2 is 1.88 bits per heavy atom. The maximum absolute atomic E-state index is 12.8. The van der Waals surface area contributed by atoms with E-state index >= 15 is 0 Å². The number of hydrogen-bond donors (Lipinski definition) is 1. The summed E-state index contributed by atoms with van der Waals surface area (Å²) < 4.78 is 3.57. The normalized spacial score (nSPS) is 18.0. The van der Waals surface area contributed by atoms with Crippen molar-refractivity contribution in [2.24, 2.45) is 0 Å². The molecule has 1 saturated heterocycles. The van der Waals surface area contributed by atoms with Crippen LogP contribution in [0.3, 0.4) is 0 Å². The predicted octanol–water partition coefficient (Wildman–Crippen LogP) is 1.81. The molecule has 1 amide bonds. The van der Waals surface area contributed by atoms with Crippen LogP contribution in [0.15, 0.2) is 29.1 Å². The summed E-state index contributed by atoms with van der Waals surface area (Å²) in [6.45, 7) is 4.80. The number of rotatable bonds is 6. The number of fused-ring (bicyclic) bond motifs is 1. The van der Waals surface area contributed by atoms with Gasteiger partial charge in [0.1, 0.15) is 0 Å². The number of likely N-dealkylation sites (N-methyl/N-ethyl adjacent to an activating group) is 1. The van der Waals surface area contributed by atoms with E-state index in [1.54, 1.807) is 4.57 Å². The highest BCUT2D eigenvalue weighted by Crippen LogP contribution is 2.15. The number of benzene rings is 1. The summed E-state index contributed by atoms with van der Waals surface area (Å²) in [7, 11) is 1.95. The molecule has 3 rings (SSSR count). The highest BCUT2D eigenvalue weighted by molar-refractivity contribution is 5.78. The molecule has 0 spiro atoms. The van der Waals surface area contributed by atoms with Crippen molar-refractivity contribution in [3.63, 3.8) is 0 Å². The molecule has 25 heavy (non-hydrogen) atoms. The molecule has 136 valence electrons. The van der Waals surface area contributed by atoms with E-state index in [1.165, 1.54) is 0 Å². The summed E-state index contributed by atoms with van der Waals surface area (Å²) in [4.78, 5) is 27.3. The third-order valence-corrected chi connectivity index (χ3v) is 5.10. The molecule has 0 aliphatic carbocycles. The van der Waals surface area contributed by atoms with Crippen molar-refractivity contribution in [2.75, 3.05) is 20.1 Å². The molecule has 1 N–H and O–H groups in total. The first kappa shape index (κ1) is 17.7. The molecule has 1 aromatic heterocycles. The topological polar surface area (TPSA) is 59.3 Å². The lowest BCUT2D eigenvalue weighted by molar-refractivity contribution is -0.132. The number of aromatic nitrogens is 2. The van der Waals surface area contributed by atoms with E-state index in [1.807, 2.05) is 40.8 Å². The fourth-order valence-electron chi connectivity index (χ4n) is 3.73. The number of likely N-dealkylation sites (tertiary alicyclic amines) is 1. The van der Waals surface area contributed by atoms with Gasteiger partial charge in [-0.15, -0.1) is 0 Å². The summed E-state index contributed by atoms with van der Waals surface area (Å²) in [6.07, 6.45) is 3.43. The first-order valence-corrected chi connectivity index (χ1v) is 9.28. The lowest BCUT2D eigenvalue weighted by Gasteiger charge is -2.32. The van der Waals surface area contributed by atoms with Gasteiger partial charge < -0.3 is 10.2 Å². The Morgan fingerprint density at radius 3 is 2.52 bits per heavy atom. The highest BCUT2D eigenvalue weighted by atomic mass is 16.2. The van der Waals surface area contributed by atoms with Crippen LogP contribution in [0.25, 0.3) is 11.0 Å². The van der Waals surface area contributed by atoms with E-state index in [0.717, 1.165) is 43.4 Å². The van der Waals surface area contributed by atoms with Crippen LogP contribution in [0.1, 0.15) is 32.6 Å². The van der Waals surface area contributed by atoms with Crippen molar-refractivity contribution in [3.8, 4) is 0 Å². The summed E-state index contributed by atoms with van der Waals surface area (Å²) in [5.41, 5.74) is 1.86. The van der Waals surface area contributed by atoms with Crippen molar-refractivity contribution in [3.05, 3.63) is 34.7 Å². The summed E-state index contributed by atoms with van der Waals surface area (Å²) >= 11 is 0. The first-order valence-electron chi connectivity index (χ1n) is 9.28. The van der Waals surface area contributed by atoms with Gasteiger partial charge >= 0.3 is 5.69 Å². The van der Waals surface area contributed by atoms with Crippen LogP contribution in [0, 0.1) is 0 Å². The van der Waals surface area contributed by atoms with Crippen molar-refractivity contribution >= 4 is 16.9 Å². The van der Waals surface area contributed by atoms with Crippen molar-refractivity contribution in [2.45, 2.75) is 51.7 Å². The minimum Gasteiger partial charge on any atom is -0.341 e. The van der Waals surface area contributed by atoms with Gasteiger partial charge in [0.2, 0.25) is 5.91 Å². The molecule has 1 aromatic carbocycles. The SMILES string of the molecule is CCCn1c(=O)n(CCC(=O)N2CCCC(NC)C2)c2ccccc21. The molecule has 6 nitrogen and oxygen atoms in total. The Hall–Kier alpha value is -2.08. The maximum Gasteiger partial charge on any atom is 0.329 e. The number of nitrogens with zero attached hydrogens (tertiary/aromatic N) is 3. The van der Waals surface area contributed by atoms with E-state index in [9.17, 15) is 9.59 Å². The summed E-state index contributed by atoms with van der Waals surface area (Å²) in [5.74, 6) is 0.138. The fourth-order valence-corrected chi connectivity index (χ4v) is 3.73. The van der Waals surface area contributed by atoms with Crippen molar-refractivity contribution < 1.29 is 4.79 Å². The smallest absolute Gasteiger partial charge is 0.329 e. The number of nitrogens with one attached hydrogen (secondary N) is 1. The van der Waals surface area contributed by atoms with E-state index in [4.69, 9.17) is 0 Å². The van der Waals surface area contributed by atoms with Crippen LogP contribution in [-0.2, 0) is 17.9 Å². The summed E-state index contributed by atoms with van der Waals surface area (Å²) in [5, 5.41) is 3.26. The molecule has 0 bridgehead atoms. The van der Waals surface area contributed by atoms with Gasteiger partial charge in [-0.2, -0.15) is 0 Å². The number of amides is 1. The van der Waals surface area contributed by atoms with Gasteiger partial charge in [-0.25, -0.2) is 4.79 Å². The number of carbonyl (C=O) groups is 1. The number of hydrogen-bond acceptors (Lipinski definition) is 3. The molecule has 2 aromatic rings. The van der Waals surface area contributed by atoms with Gasteiger partial charge in [-0.05, 0) is 38.4 Å². The Kier molecular flexibility index (Phi) is 5.58. The molecule has 0 saturated carbocycles. The molecule has 1 aliphatic rings. The van der Waals surface area contributed by atoms with E-state index < -0.39 is 0 Å². The average molecular weight is 344 g/mol. The molecule has 6 heteroatoms. The van der Waals surface area contributed by atoms with E-state index in [0.29, 0.717) is 25.6 Å². The zero-order valence-electron chi connectivity index (χ0n) is 15.2. The molecule has 1 atom stereocenters. The molecular weight excluding hydrogens is 316 g/mol. The van der Waals surface area contributed by atoms with Crippen LogP contribution in [0.5, 0.6) is 0 Å². The Morgan fingerprint density at radius 1 is 1.20 bits per heavy atom. The van der Waals surface area contributed by atoms with Gasteiger partial charge in [0.15, 0.2) is 0 Å². The van der Waals surface area contributed by atoms with Gasteiger partial charge in [0.05, 0.1) is 11.0 Å². The van der Waals surface area contributed by atoms with Gasteiger partial charge in [-0.1, -0.05) is 19.1 Å². The number of piperidine rings is 1. The molecule has 2 heterocycles. The first-order chi connectivity index (χ1) is 12.2. The minimum absolute atomic E-state index is 0.0115. The quantitative estimate of drug-likeness (QED) is 0.869. The molecule has 1 fully saturated rings. The second-order valence-electron chi connectivity index (χ2n) is 6.79. The maximum atomic E-state index is 12.8. The van der Waals surface area contributed by atoms with Crippen LogP contribution in [0.2, 0.25) is 0 Å². The van der Waals surface area contributed by atoms with Gasteiger partial charge in [0, 0.05) is 38.6 Å². The zero-order chi connectivity index (χ0) is 17.8. The monoisotopic (exact) mass is 344 g/mol. The lowest BCUT2D eigenvalue weighted by atomic mass is 10.1. The number of para-hydroxylation sites is 2. The molecular formula is C19H28N4O2. The van der Waals surface area contributed by atoms with Crippen molar-refractivity contribution in [1.29, 1.82) is 0 Å². The molecule has 0 radical (unpaired) electrons. The van der Waals surface area contributed by atoms with Gasteiger partial charge in [0.25, 0.3) is 0 Å². The highest BCUT2D eigenvalue weighted by Gasteiger charge is 2.23. The molecule has 1 unspecified atom stereocenters. The van der Waals surface area contributed by atoms with E-state index in [2.05, 4.69) is 12.2 Å². The van der Waals surface area contributed by atoms with E-state index in [-0.39, 0.29) is 11.6 Å². The third kappa shape index (κ3) is 3.63. The number of aryl methyl sites for hydroxylation is 2. The largest absolute Gasteiger partial charge is 0.341 e. The predicted molar refractivity (Wildman–Crippen MR) is 99.8 cm³/mol. The van der Waals surface area contributed by atoms with Crippen LogP contribution >= 0.6 is 0 Å². The van der Waals surface area contributed by atoms with Crippen molar-refractivity contribution in [1.82, 2.24) is 19.4 Å². The molecule has 1 aliphatic heterocycles. The van der Waals surface area contributed by atoms with Crippen LogP contribution in [0.4, 0.5) is 0 Å². The Labute approximate surface area is 148 Å². The summed E-state index contributed by atoms with van der Waals surface area (Å²) in [6, 6.07) is 8.22. The minimum atomic E-state index is -0.0115. The average Bonchev–Trinajstić information content (AvgIpc) is 2.92. The van der Waals surface area contributed by atoms with Crippen LogP contribution < -0.4 is 11.0 Å².